The summed E-state index contributed by atoms with van der Waals surface area (Å²) in [4.78, 5) is 29.2. The summed E-state index contributed by atoms with van der Waals surface area (Å²) in [7, 11) is 16.3. The SMILES string of the molecule is C.CN(C)CCOCCCCCOCCN(C)C.CN(C)CCOCCN(C=O)CCOCCN(C)C.O.O=C[O-].[K+].[K+]. The molecule has 0 unspecified atom stereocenters. The minimum absolute atomic E-state index is 0. The monoisotopic (exact) mass is 678 g/mol. The molecule has 0 spiro atoms. The van der Waals surface area contributed by atoms with Gasteiger partial charge in [0.05, 0.1) is 39.6 Å². The summed E-state index contributed by atoms with van der Waals surface area (Å²) in [6.07, 6.45) is 4.34. The van der Waals surface area contributed by atoms with Crippen LogP contribution in [0.3, 0.4) is 0 Å². The smallest absolute Gasteiger partial charge is 0.554 e. The third-order valence-electron chi connectivity index (χ3n) is 5.00. The van der Waals surface area contributed by atoms with Crippen molar-refractivity contribution in [2.24, 2.45) is 0 Å². The van der Waals surface area contributed by atoms with E-state index in [1.807, 2.05) is 28.2 Å². The fraction of sp³-hybridized carbons (Fsp3) is 0.929. The summed E-state index contributed by atoms with van der Waals surface area (Å²) in [5.41, 5.74) is 0. The van der Waals surface area contributed by atoms with Crippen molar-refractivity contribution in [3.05, 3.63) is 0 Å². The Balaban J connectivity index is -0.000000102. The average Bonchev–Trinajstić information content (AvgIpc) is 2.85. The minimum atomic E-state index is -0.500. The van der Waals surface area contributed by atoms with Crippen LogP contribution in [-0.2, 0) is 28.5 Å². The molecule has 0 aromatic heterocycles. The second-order valence-corrected chi connectivity index (χ2v) is 9.96. The van der Waals surface area contributed by atoms with Crippen molar-refractivity contribution in [3.63, 3.8) is 0 Å². The Bertz CT molecular complexity index is 468. The summed E-state index contributed by atoms with van der Waals surface area (Å²) in [5.74, 6) is 0. The number of unbranched alkanes of at least 4 members (excludes halogenated alkanes) is 2. The molecule has 0 aliphatic rings. The number of hydrogen-bond donors (Lipinski definition) is 0. The molecule has 43 heavy (non-hydrogen) atoms. The number of carbonyl (C=O) groups excluding carboxylic acids is 2. The first-order chi connectivity index (χ1) is 18.6. The third kappa shape index (κ3) is 67.0. The number of nitrogens with zero attached hydrogens (tertiary/aromatic N) is 5. The second-order valence-electron chi connectivity index (χ2n) is 9.96. The second kappa shape index (κ2) is 50.7. The zero-order valence-corrected chi connectivity index (χ0v) is 35.0. The molecule has 0 rings (SSSR count). The number of carbonyl (C=O) groups is 2. The summed E-state index contributed by atoms with van der Waals surface area (Å²) < 4.78 is 21.9. The number of ether oxygens (including phenoxy) is 4. The first-order valence-electron chi connectivity index (χ1n) is 13.7. The summed E-state index contributed by atoms with van der Waals surface area (Å²) in [6, 6.07) is 0. The van der Waals surface area contributed by atoms with E-state index in [1.54, 1.807) is 4.90 Å². The van der Waals surface area contributed by atoms with Gasteiger partial charge >= 0.3 is 103 Å². The van der Waals surface area contributed by atoms with Gasteiger partial charge in [0.25, 0.3) is 0 Å². The van der Waals surface area contributed by atoms with Crippen LogP contribution in [0.25, 0.3) is 0 Å². The molecule has 0 aliphatic carbocycles. The fourth-order valence-electron chi connectivity index (χ4n) is 2.56. The van der Waals surface area contributed by atoms with Gasteiger partial charge in [-0.15, -0.1) is 0 Å². The van der Waals surface area contributed by atoms with E-state index in [2.05, 4.69) is 47.8 Å². The van der Waals surface area contributed by atoms with Crippen molar-refractivity contribution in [3.8, 4) is 0 Å². The molecule has 0 saturated carbocycles. The number of likely N-dealkylation sites (N-methyl/N-ethyl adjacent to an activating group) is 4. The average molecular weight is 679 g/mol. The van der Waals surface area contributed by atoms with E-state index in [-0.39, 0.29) is 116 Å². The fourth-order valence-corrected chi connectivity index (χ4v) is 2.56. The van der Waals surface area contributed by atoms with E-state index >= 15 is 0 Å². The third-order valence-corrected chi connectivity index (χ3v) is 5.00. The first-order valence-corrected chi connectivity index (χ1v) is 13.7. The first kappa shape index (κ1) is 60.2. The number of rotatable bonds is 25. The predicted octanol–water partition coefficient (Wildman–Crippen LogP) is -6.90. The van der Waals surface area contributed by atoms with Crippen molar-refractivity contribution in [2.75, 3.05) is 149 Å². The van der Waals surface area contributed by atoms with E-state index in [0.717, 1.165) is 71.9 Å². The number of amides is 1. The quantitative estimate of drug-likeness (QED) is 0.0517. The maximum Gasteiger partial charge on any atom is 1.00 e. The molecule has 2 N–H and O–H groups in total. The summed E-state index contributed by atoms with van der Waals surface area (Å²) >= 11 is 0. The van der Waals surface area contributed by atoms with Gasteiger partial charge in [-0.3, -0.25) is 4.79 Å². The van der Waals surface area contributed by atoms with Crippen molar-refractivity contribution in [1.82, 2.24) is 24.5 Å². The van der Waals surface area contributed by atoms with Crippen molar-refractivity contribution in [2.45, 2.75) is 26.7 Å². The molecule has 0 radical (unpaired) electrons. The van der Waals surface area contributed by atoms with E-state index in [9.17, 15) is 4.79 Å². The Morgan fingerprint density at radius 1 is 0.488 bits per heavy atom. The molecule has 0 aromatic carbocycles. The van der Waals surface area contributed by atoms with Gasteiger partial charge in [0.2, 0.25) is 6.41 Å². The molecule has 13 nitrogen and oxygen atoms in total. The van der Waals surface area contributed by atoms with Gasteiger partial charge in [-0.1, -0.05) is 7.43 Å². The van der Waals surface area contributed by atoms with Crippen molar-refractivity contribution in [1.29, 1.82) is 0 Å². The van der Waals surface area contributed by atoms with Gasteiger partial charge in [0.1, 0.15) is 0 Å². The molecule has 15 heteroatoms. The van der Waals surface area contributed by atoms with Crippen LogP contribution in [0.2, 0.25) is 0 Å². The van der Waals surface area contributed by atoms with Crippen LogP contribution in [-0.4, -0.2) is 191 Å². The maximum atomic E-state index is 10.8. The maximum absolute atomic E-state index is 10.8. The molecule has 0 aliphatic heterocycles. The van der Waals surface area contributed by atoms with Crippen LogP contribution in [0, 0.1) is 0 Å². The van der Waals surface area contributed by atoms with Crippen LogP contribution < -0.4 is 108 Å². The number of carboxylic acid groups (broad SMARTS) is 1. The molecule has 1 amide bonds. The largest absolute Gasteiger partial charge is 1.00 e. The molecule has 0 saturated heterocycles. The Morgan fingerprint density at radius 3 is 0.953 bits per heavy atom. The van der Waals surface area contributed by atoms with Crippen LogP contribution in [0.15, 0.2) is 0 Å². The number of hydrogen-bond acceptors (Lipinski definition) is 11. The predicted molar refractivity (Wildman–Crippen MR) is 165 cm³/mol. The van der Waals surface area contributed by atoms with Gasteiger partial charge in [-0.2, -0.15) is 0 Å². The molecule has 0 atom stereocenters. The molecular weight excluding hydrogens is 613 g/mol. The topological polar surface area (TPSA) is 142 Å². The molecular formula is C28H66K2N5O8+. The Kier molecular flexibility index (Phi) is 71.0. The van der Waals surface area contributed by atoms with E-state index in [0.29, 0.717) is 39.5 Å². The Hall–Kier alpha value is 1.85. The van der Waals surface area contributed by atoms with Gasteiger partial charge < -0.3 is 58.8 Å². The summed E-state index contributed by atoms with van der Waals surface area (Å²) in [5, 5.41) is 8.25. The Labute approximate surface area is 349 Å². The van der Waals surface area contributed by atoms with Crippen LogP contribution in [0.5, 0.6) is 0 Å². The van der Waals surface area contributed by atoms with Crippen LogP contribution in [0.4, 0.5) is 0 Å². The zero-order chi connectivity index (χ0) is 30.2. The van der Waals surface area contributed by atoms with Gasteiger partial charge in [0.15, 0.2) is 0 Å². The van der Waals surface area contributed by atoms with Gasteiger partial charge in [-0.05, 0) is 75.6 Å². The standard InChI is InChI=1S/C13H29N3O3.C13H30N2O2.CH2O2.CH4.2K.H2O/c1-14(2)5-9-18-11-7-16(13-17)8-12-19-10-6-15(3)4;1-14(2)8-12-16-10-6-5-7-11-17-13-9-15(3)4;2-1-3;;;;/h13H,5-12H2,1-4H3;5-13H2,1-4H3;1H,(H,2,3);1H4;;;1H2/q;;;;2*+1;/p-1. The van der Waals surface area contributed by atoms with Crippen molar-refractivity contribution < 1.29 is 142 Å². The normalized spacial score (nSPS) is 9.86. The van der Waals surface area contributed by atoms with E-state index < -0.39 is 6.47 Å². The molecule has 0 heterocycles. The summed E-state index contributed by atoms with van der Waals surface area (Å²) in [6.45, 7) is 10.5. The van der Waals surface area contributed by atoms with Gasteiger partial charge in [-0.25, -0.2) is 0 Å². The van der Waals surface area contributed by atoms with Crippen LogP contribution in [0.1, 0.15) is 26.7 Å². The van der Waals surface area contributed by atoms with E-state index in [4.69, 9.17) is 28.8 Å². The van der Waals surface area contributed by atoms with E-state index in [1.165, 1.54) is 6.42 Å². The molecule has 252 valence electrons. The zero-order valence-electron chi connectivity index (χ0n) is 28.8. The molecule has 0 bridgehead atoms. The van der Waals surface area contributed by atoms with Crippen molar-refractivity contribution >= 4 is 12.9 Å². The minimum Gasteiger partial charge on any atom is -0.554 e. The van der Waals surface area contributed by atoms with Crippen LogP contribution >= 0.6 is 0 Å². The Morgan fingerprint density at radius 2 is 0.721 bits per heavy atom. The van der Waals surface area contributed by atoms with Gasteiger partial charge in [0, 0.05) is 59.0 Å². The molecule has 0 fully saturated rings. The molecule has 0 aromatic rings.